The van der Waals surface area contributed by atoms with Gasteiger partial charge in [-0.05, 0) is 29.8 Å². The van der Waals surface area contributed by atoms with Gasteiger partial charge in [-0.15, -0.1) is 5.10 Å². The average Bonchev–Trinajstić information content (AvgIpc) is 3.02. The van der Waals surface area contributed by atoms with Gasteiger partial charge in [0.1, 0.15) is 5.82 Å². The first-order valence-corrected chi connectivity index (χ1v) is 7.85. The predicted molar refractivity (Wildman–Crippen MR) is 86.7 cm³/mol. The van der Waals surface area contributed by atoms with Crippen LogP contribution in [0.15, 0.2) is 59.8 Å². The van der Waals surface area contributed by atoms with Crippen LogP contribution in [0, 0.1) is 5.82 Å². The summed E-state index contributed by atoms with van der Waals surface area (Å²) in [6.07, 6.45) is 0. The van der Waals surface area contributed by atoms with Crippen LogP contribution in [-0.2, 0) is 5.75 Å². The first kappa shape index (κ1) is 15.2. The highest BCUT2D eigenvalue weighted by atomic mass is 32.2. The largest absolute Gasteiger partial charge is 0.291 e. The van der Waals surface area contributed by atoms with E-state index in [9.17, 15) is 9.18 Å². The number of carbonyl (C=O) groups excluding carboxylic acids is 1. The van der Waals surface area contributed by atoms with E-state index >= 15 is 0 Å². The number of H-pyrrole nitrogens is 1. The van der Waals surface area contributed by atoms with Crippen molar-refractivity contribution in [3.63, 3.8) is 0 Å². The van der Waals surface area contributed by atoms with Gasteiger partial charge in [0.05, 0.1) is 0 Å². The van der Waals surface area contributed by atoms with Crippen LogP contribution in [0.25, 0.3) is 0 Å². The van der Waals surface area contributed by atoms with Gasteiger partial charge in [0.2, 0.25) is 11.1 Å². The second kappa shape index (κ2) is 7.06. The summed E-state index contributed by atoms with van der Waals surface area (Å²) in [5, 5.41) is 9.85. The summed E-state index contributed by atoms with van der Waals surface area (Å²) in [5.74, 6) is 0.237. The van der Waals surface area contributed by atoms with E-state index in [1.54, 1.807) is 0 Å². The van der Waals surface area contributed by atoms with Crippen molar-refractivity contribution in [2.24, 2.45) is 0 Å². The number of anilines is 1. The van der Waals surface area contributed by atoms with Gasteiger partial charge in [-0.3, -0.25) is 10.1 Å². The van der Waals surface area contributed by atoms with Crippen molar-refractivity contribution < 1.29 is 9.18 Å². The fourth-order valence-electron chi connectivity index (χ4n) is 1.87. The maximum absolute atomic E-state index is 12.8. The Bertz CT molecular complexity index is 789. The highest BCUT2D eigenvalue weighted by Crippen LogP contribution is 2.19. The van der Waals surface area contributed by atoms with E-state index in [4.69, 9.17) is 0 Å². The maximum Gasteiger partial charge on any atom is 0.258 e. The predicted octanol–water partition coefficient (Wildman–Crippen LogP) is 3.49. The minimum atomic E-state index is -0.388. The van der Waals surface area contributed by atoms with Crippen molar-refractivity contribution in [3.05, 3.63) is 71.5 Å². The molecule has 2 aromatic carbocycles. The number of amides is 1. The van der Waals surface area contributed by atoms with E-state index in [1.807, 2.05) is 30.3 Å². The van der Waals surface area contributed by atoms with Gasteiger partial charge < -0.3 is 0 Å². The van der Waals surface area contributed by atoms with Crippen LogP contribution in [0.2, 0.25) is 0 Å². The van der Waals surface area contributed by atoms with Crippen LogP contribution in [-0.4, -0.2) is 21.1 Å². The zero-order valence-corrected chi connectivity index (χ0v) is 12.8. The van der Waals surface area contributed by atoms with Crippen LogP contribution in [0.5, 0.6) is 0 Å². The van der Waals surface area contributed by atoms with Crippen LogP contribution in [0.3, 0.4) is 0 Å². The molecule has 0 unspecified atom stereocenters. The molecule has 0 radical (unpaired) electrons. The van der Waals surface area contributed by atoms with E-state index in [2.05, 4.69) is 20.5 Å². The lowest BCUT2D eigenvalue weighted by atomic mass is 10.2. The standard InChI is InChI=1S/C16H13FN4OS/c17-13-8-6-12(7-9-13)14(22)18-15-19-16(21-20-15)23-10-11-4-2-1-3-5-11/h1-9H,10H2,(H2,18,19,20,21,22). The van der Waals surface area contributed by atoms with Gasteiger partial charge in [-0.2, -0.15) is 4.98 Å². The molecule has 0 aliphatic heterocycles. The van der Waals surface area contributed by atoms with E-state index < -0.39 is 0 Å². The van der Waals surface area contributed by atoms with E-state index in [1.165, 1.54) is 41.6 Å². The first-order valence-electron chi connectivity index (χ1n) is 6.87. The molecule has 0 spiro atoms. The molecular weight excluding hydrogens is 315 g/mol. The molecule has 0 atom stereocenters. The zero-order chi connectivity index (χ0) is 16.1. The number of aromatic nitrogens is 3. The summed E-state index contributed by atoms with van der Waals surface area (Å²) in [4.78, 5) is 16.2. The quantitative estimate of drug-likeness (QED) is 0.703. The molecule has 0 aliphatic carbocycles. The van der Waals surface area contributed by atoms with Gasteiger partial charge in [0, 0.05) is 11.3 Å². The Labute approximate surface area is 136 Å². The molecule has 2 N–H and O–H groups in total. The number of hydrogen-bond donors (Lipinski definition) is 2. The molecule has 0 bridgehead atoms. The number of rotatable bonds is 5. The fourth-order valence-corrected chi connectivity index (χ4v) is 2.62. The zero-order valence-electron chi connectivity index (χ0n) is 12.0. The fraction of sp³-hybridized carbons (Fsp3) is 0.0625. The monoisotopic (exact) mass is 328 g/mol. The molecule has 116 valence electrons. The molecule has 0 saturated carbocycles. The van der Waals surface area contributed by atoms with Crippen LogP contribution in [0.4, 0.5) is 10.3 Å². The van der Waals surface area contributed by atoms with E-state index in [-0.39, 0.29) is 17.7 Å². The molecule has 23 heavy (non-hydrogen) atoms. The molecule has 3 rings (SSSR count). The van der Waals surface area contributed by atoms with Crippen molar-refractivity contribution in [2.45, 2.75) is 10.9 Å². The molecular formula is C16H13FN4OS. The van der Waals surface area contributed by atoms with Gasteiger partial charge in [0.15, 0.2) is 0 Å². The highest BCUT2D eigenvalue weighted by Gasteiger charge is 2.10. The number of thioether (sulfide) groups is 1. The lowest BCUT2D eigenvalue weighted by molar-refractivity contribution is 0.102. The Hall–Kier alpha value is -2.67. The summed E-state index contributed by atoms with van der Waals surface area (Å²) in [6, 6.07) is 15.2. The molecule has 0 aliphatic rings. The third-order valence-corrected chi connectivity index (χ3v) is 3.93. The Morgan fingerprint density at radius 3 is 2.61 bits per heavy atom. The minimum absolute atomic E-state index is 0.259. The number of nitrogens with one attached hydrogen (secondary N) is 2. The average molecular weight is 328 g/mol. The number of nitrogens with zero attached hydrogens (tertiary/aromatic N) is 2. The van der Waals surface area contributed by atoms with Crippen molar-refractivity contribution in [2.75, 3.05) is 5.32 Å². The molecule has 0 fully saturated rings. The normalized spacial score (nSPS) is 10.5. The van der Waals surface area contributed by atoms with Crippen LogP contribution in [0.1, 0.15) is 15.9 Å². The number of benzene rings is 2. The van der Waals surface area contributed by atoms with Crippen molar-refractivity contribution in [1.29, 1.82) is 0 Å². The molecule has 5 nitrogen and oxygen atoms in total. The van der Waals surface area contributed by atoms with Gasteiger partial charge >= 0.3 is 0 Å². The number of aromatic amines is 1. The van der Waals surface area contributed by atoms with E-state index in [0.29, 0.717) is 10.7 Å². The number of hydrogen-bond acceptors (Lipinski definition) is 4. The van der Waals surface area contributed by atoms with Gasteiger partial charge in [0.25, 0.3) is 5.91 Å². The molecule has 1 aromatic heterocycles. The lowest BCUT2D eigenvalue weighted by Gasteiger charge is -2.00. The SMILES string of the molecule is O=C(Nc1nc(SCc2ccccc2)n[nH]1)c1ccc(F)cc1. The molecule has 3 aromatic rings. The third-order valence-electron chi connectivity index (χ3n) is 3.01. The summed E-state index contributed by atoms with van der Waals surface area (Å²) in [7, 11) is 0. The number of halogens is 1. The first-order chi connectivity index (χ1) is 11.2. The van der Waals surface area contributed by atoms with E-state index in [0.717, 1.165) is 5.75 Å². The summed E-state index contributed by atoms with van der Waals surface area (Å²) >= 11 is 1.46. The van der Waals surface area contributed by atoms with Crippen molar-refractivity contribution in [3.8, 4) is 0 Å². The molecule has 1 amide bonds. The molecule has 7 heteroatoms. The Morgan fingerprint density at radius 1 is 1.13 bits per heavy atom. The second-order valence-corrected chi connectivity index (χ2v) is 5.64. The van der Waals surface area contributed by atoms with Gasteiger partial charge in [-0.25, -0.2) is 9.49 Å². The Kier molecular flexibility index (Phi) is 4.68. The highest BCUT2D eigenvalue weighted by molar-refractivity contribution is 7.98. The minimum Gasteiger partial charge on any atom is -0.291 e. The number of carbonyl (C=O) groups is 1. The smallest absolute Gasteiger partial charge is 0.258 e. The third kappa shape index (κ3) is 4.17. The van der Waals surface area contributed by atoms with Gasteiger partial charge in [-0.1, -0.05) is 42.1 Å². The van der Waals surface area contributed by atoms with Crippen molar-refractivity contribution >= 4 is 23.6 Å². The van der Waals surface area contributed by atoms with Crippen molar-refractivity contribution in [1.82, 2.24) is 15.2 Å². The second-order valence-electron chi connectivity index (χ2n) is 4.70. The Morgan fingerprint density at radius 2 is 1.87 bits per heavy atom. The Balaban J connectivity index is 1.58. The molecule has 0 saturated heterocycles. The molecule has 1 heterocycles. The summed E-state index contributed by atoms with van der Waals surface area (Å²) < 4.78 is 12.8. The lowest BCUT2D eigenvalue weighted by Crippen LogP contribution is -2.12. The van der Waals surface area contributed by atoms with Crippen LogP contribution >= 0.6 is 11.8 Å². The maximum atomic E-state index is 12.8. The topological polar surface area (TPSA) is 70.7 Å². The summed E-state index contributed by atoms with van der Waals surface area (Å²) in [6.45, 7) is 0. The summed E-state index contributed by atoms with van der Waals surface area (Å²) in [5.41, 5.74) is 1.51. The van der Waals surface area contributed by atoms with Crippen LogP contribution < -0.4 is 5.32 Å².